The molecule has 1 aliphatic heterocycles. The summed E-state index contributed by atoms with van der Waals surface area (Å²) in [6.45, 7) is 3.81. The molecule has 1 aliphatic rings. The molecule has 2 N–H and O–H groups in total. The Labute approximate surface area is 123 Å². The molecule has 0 unspecified atom stereocenters. The Hall–Kier alpha value is -2.49. The highest BCUT2D eigenvalue weighted by Crippen LogP contribution is 2.33. The summed E-state index contributed by atoms with van der Waals surface area (Å²) in [7, 11) is 1.67. The van der Waals surface area contributed by atoms with Crippen LogP contribution in [0.4, 0.5) is 0 Å². The lowest BCUT2D eigenvalue weighted by Gasteiger charge is -2.15. The Balaban J connectivity index is 2.17. The van der Waals surface area contributed by atoms with Gasteiger partial charge in [-0.15, -0.1) is 0 Å². The Bertz CT molecular complexity index is 748. The van der Waals surface area contributed by atoms with Crippen molar-refractivity contribution in [1.82, 2.24) is 10.9 Å². The third kappa shape index (κ3) is 2.13. The van der Waals surface area contributed by atoms with Gasteiger partial charge in [0, 0.05) is 11.1 Å². The summed E-state index contributed by atoms with van der Waals surface area (Å²) in [5.74, 6) is 0.826. The van der Waals surface area contributed by atoms with E-state index in [9.17, 15) is 4.79 Å². The van der Waals surface area contributed by atoms with Gasteiger partial charge in [0.15, 0.2) is 0 Å². The number of hydrazine groups is 1. The Morgan fingerprint density at radius 3 is 2.38 bits per heavy atom. The van der Waals surface area contributed by atoms with E-state index in [2.05, 4.69) is 16.9 Å². The topological polar surface area (TPSA) is 50.4 Å². The molecule has 4 heteroatoms. The van der Waals surface area contributed by atoms with E-state index in [1.807, 2.05) is 50.3 Å². The number of ether oxygens (including phenoxy) is 1. The van der Waals surface area contributed by atoms with Gasteiger partial charge in [0.05, 0.1) is 12.5 Å². The van der Waals surface area contributed by atoms with E-state index in [1.165, 1.54) is 0 Å². The lowest BCUT2D eigenvalue weighted by atomic mass is 9.88. The normalized spacial score (nSPS) is 18.6. The molecule has 1 saturated heterocycles. The number of carbonyl (C=O) groups is 1. The van der Waals surface area contributed by atoms with Crippen LogP contribution in [0.5, 0.6) is 5.75 Å². The minimum Gasteiger partial charge on any atom is -0.496 e. The van der Waals surface area contributed by atoms with E-state index >= 15 is 0 Å². The molecule has 1 amide bonds. The fraction of sp³-hybridized carbons (Fsp3) is 0.235. The van der Waals surface area contributed by atoms with Crippen molar-refractivity contribution in [3.05, 3.63) is 47.7 Å². The van der Waals surface area contributed by atoms with Crippen molar-refractivity contribution in [2.24, 2.45) is 5.41 Å². The SMILES string of the molecule is COc1ccc(/C=C2\NNC(=O)C2(C)C)c2ccccc12. The van der Waals surface area contributed by atoms with Crippen molar-refractivity contribution in [2.45, 2.75) is 13.8 Å². The number of fused-ring (bicyclic) bond motifs is 1. The van der Waals surface area contributed by atoms with Gasteiger partial charge in [0.25, 0.3) is 0 Å². The quantitative estimate of drug-likeness (QED) is 0.890. The Kier molecular flexibility index (Phi) is 3.09. The summed E-state index contributed by atoms with van der Waals surface area (Å²) in [6, 6.07) is 12.0. The second-order valence-corrected chi connectivity index (χ2v) is 5.66. The minimum absolute atomic E-state index is 0.0217. The minimum atomic E-state index is -0.555. The molecule has 2 aromatic carbocycles. The first kappa shape index (κ1) is 13.5. The molecule has 0 atom stereocenters. The number of hydrogen-bond donors (Lipinski definition) is 2. The van der Waals surface area contributed by atoms with Crippen molar-refractivity contribution >= 4 is 22.8 Å². The summed E-state index contributed by atoms with van der Waals surface area (Å²) in [5, 5.41) is 2.16. The second kappa shape index (κ2) is 4.81. The standard InChI is InChI=1S/C17H18N2O2/c1-17(2)15(18-19-16(17)20)10-11-8-9-14(21-3)13-7-5-4-6-12(11)13/h4-10,18H,1-3H3,(H,19,20)/b15-10-. The molecule has 1 fully saturated rings. The van der Waals surface area contributed by atoms with Gasteiger partial charge in [0.2, 0.25) is 5.91 Å². The summed E-state index contributed by atoms with van der Waals surface area (Å²) < 4.78 is 5.41. The lowest BCUT2D eigenvalue weighted by molar-refractivity contribution is -0.125. The number of benzene rings is 2. The van der Waals surface area contributed by atoms with Crippen molar-refractivity contribution in [3.8, 4) is 5.75 Å². The summed E-state index contributed by atoms with van der Waals surface area (Å²) in [5.41, 5.74) is 7.00. The maximum atomic E-state index is 11.8. The summed E-state index contributed by atoms with van der Waals surface area (Å²) in [4.78, 5) is 11.8. The third-order valence-corrected chi connectivity index (χ3v) is 3.99. The van der Waals surface area contributed by atoms with Gasteiger partial charge in [-0.25, -0.2) is 0 Å². The van der Waals surface area contributed by atoms with Crippen LogP contribution in [0.3, 0.4) is 0 Å². The van der Waals surface area contributed by atoms with Crippen molar-refractivity contribution in [2.75, 3.05) is 7.11 Å². The average molecular weight is 282 g/mol. The highest BCUT2D eigenvalue weighted by atomic mass is 16.5. The van der Waals surface area contributed by atoms with E-state index in [0.717, 1.165) is 27.8 Å². The monoisotopic (exact) mass is 282 g/mol. The van der Waals surface area contributed by atoms with Gasteiger partial charge < -0.3 is 10.2 Å². The van der Waals surface area contributed by atoms with Gasteiger partial charge in [0.1, 0.15) is 5.75 Å². The third-order valence-electron chi connectivity index (χ3n) is 3.99. The average Bonchev–Trinajstić information content (AvgIpc) is 2.74. The molecular formula is C17H18N2O2. The molecule has 3 rings (SSSR count). The summed E-state index contributed by atoms with van der Waals surface area (Å²) >= 11 is 0. The van der Waals surface area contributed by atoms with Crippen LogP contribution in [0.15, 0.2) is 42.1 Å². The first-order valence-electron chi connectivity index (χ1n) is 6.88. The largest absolute Gasteiger partial charge is 0.496 e. The fourth-order valence-corrected chi connectivity index (χ4v) is 2.53. The van der Waals surface area contributed by atoms with E-state index < -0.39 is 5.41 Å². The summed E-state index contributed by atoms with van der Waals surface area (Å²) in [6.07, 6.45) is 2.01. The molecule has 4 nitrogen and oxygen atoms in total. The van der Waals surface area contributed by atoms with E-state index in [1.54, 1.807) is 7.11 Å². The van der Waals surface area contributed by atoms with Gasteiger partial charge >= 0.3 is 0 Å². The van der Waals surface area contributed by atoms with E-state index in [0.29, 0.717) is 0 Å². The number of nitrogens with one attached hydrogen (secondary N) is 2. The van der Waals surface area contributed by atoms with Crippen molar-refractivity contribution in [1.29, 1.82) is 0 Å². The predicted molar refractivity (Wildman–Crippen MR) is 83.5 cm³/mol. The van der Waals surface area contributed by atoms with Crippen LogP contribution in [0.1, 0.15) is 19.4 Å². The number of rotatable bonds is 2. The molecular weight excluding hydrogens is 264 g/mol. The van der Waals surface area contributed by atoms with Crippen molar-refractivity contribution < 1.29 is 9.53 Å². The highest BCUT2D eigenvalue weighted by Gasteiger charge is 2.37. The molecule has 21 heavy (non-hydrogen) atoms. The highest BCUT2D eigenvalue weighted by molar-refractivity contribution is 5.96. The molecule has 1 heterocycles. The van der Waals surface area contributed by atoms with Gasteiger partial charge in [-0.3, -0.25) is 10.2 Å². The lowest BCUT2D eigenvalue weighted by Crippen LogP contribution is -2.28. The van der Waals surface area contributed by atoms with Crippen LogP contribution in [0, 0.1) is 5.41 Å². The molecule has 0 radical (unpaired) electrons. The van der Waals surface area contributed by atoms with Crippen LogP contribution >= 0.6 is 0 Å². The maximum Gasteiger partial charge on any atom is 0.249 e. The first-order valence-corrected chi connectivity index (χ1v) is 6.88. The first-order chi connectivity index (χ1) is 10.0. The number of amides is 1. The molecule has 0 saturated carbocycles. The Morgan fingerprint density at radius 1 is 1.05 bits per heavy atom. The zero-order chi connectivity index (χ0) is 15.0. The van der Waals surface area contributed by atoms with Crippen molar-refractivity contribution in [3.63, 3.8) is 0 Å². The molecule has 0 aliphatic carbocycles. The van der Waals surface area contributed by atoms with E-state index in [-0.39, 0.29) is 5.91 Å². The van der Waals surface area contributed by atoms with Gasteiger partial charge in [-0.05, 0) is 36.9 Å². The smallest absolute Gasteiger partial charge is 0.249 e. The van der Waals surface area contributed by atoms with Crippen LogP contribution in [-0.4, -0.2) is 13.0 Å². The van der Waals surface area contributed by atoms with Crippen LogP contribution in [0.25, 0.3) is 16.8 Å². The number of hydrogen-bond acceptors (Lipinski definition) is 3. The Morgan fingerprint density at radius 2 is 1.76 bits per heavy atom. The maximum absolute atomic E-state index is 11.8. The zero-order valence-electron chi connectivity index (χ0n) is 12.4. The van der Waals surface area contributed by atoms with Gasteiger partial charge in [-0.2, -0.15) is 0 Å². The second-order valence-electron chi connectivity index (χ2n) is 5.66. The fourth-order valence-electron chi connectivity index (χ4n) is 2.53. The van der Waals surface area contributed by atoms with Crippen LogP contribution in [0.2, 0.25) is 0 Å². The molecule has 0 aromatic heterocycles. The van der Waals surface area contributed by atoms with Crippen LogP contribution in [-0.2, 0) is 4.79 Å². The molecule has 108 valence electrons. The van der Waals surface area contributed by atoms with E-state index in [4.69, 9.17) is 4.74 Å². The molecule has 0 bridgehead atoms. The molecule has 0 spiro atoms. The van der Waals surface area contributed by atoms with Gasteiger partial charge in [-0.1, -0.05) is 30.3 Å². The number of methoxy groups -OCH3 is 1. The zero-order valence-corrected chi connectivity index (χ0v) is 12.4. The number of carbonyl (C=O) groups excluding carboxylic acids is 1. The predicted octanol–water partition coefficient (Wildman–Crippen LogP) is 2.85. The van der Waals surface area contributed by atoms with Crippen LogP contribution < -0.4 is 15.6 Å². The molecule has 2 aromatic rings.